The lowest BCUT2D eigenvalue weighted by Gasteiger charge is -2.34. The van der Waals surface area contributed by atoms with Crippen LogP contribution in [0.3, 0.4) is 0 Å². The summed E-state index contributed by atoms with van der Waals surface area (Å²) in [4.78, 5) is 22.1. The normalized spacial score (nSPS) is 14.9. The molecule has 0 aromatic heterocycles. The van der Waals surface area contributed by atoms with Crippen molar-refractivity contribution in [3.63, 3.8) is 0 Å². The number of hydrogen-bond donors (Lipinski definition) is 0. The van der Waals surface area contributed by atoms with E-state index in [1.807, 2.05) is 0 Å². The van der Waals surface area contributed by atoms with Crippen LogP contribution in [0.2, 0.25) is 0 Å². The predicted molar refractivity (Wildman–Crippen MR) is 113 cm³/mol. The van der Waals surface area contributed by atoms with Crippen molar-refractivity contribution in [2.75, 3.05) is 24.7 Å². The van der Waals surface area contributed by atoms with E-state index >= 15 is 0 Å². The molecule has 0 heterocycles. The highest BCUT2D eigenvalue weighted by molar-refractivity contribution is 8.00. The van der Waals surface area contributed by atoms with E-state index in [1.165, 1.54) is 0 Å². The molecule has 2 unspecified atom stereocenters. The van der Waals surface area contributed by atoms with Crippen molar-refractivity contribution >= 4 is 35.5 Å². The molecule has 0 aromatic carbocycles. The van der Waals surface area contributed by atoms with Gasteiger partial charge in [-0.1, -0.05) is 36.7 Å². The summed E-state index contributed by atoms with van der Waals surface area (Å²) >= 11 is -1.82. The lowest BCUT2D eigenvalue weighted by atomic mass is 10.3. The molecular weight excluding hydrogens is 616 g/mol. The van der Waals surface area contributed by atoms with Crippen LogP contribution in [0.5, 0.6) is 0 Å². The number of alkyl halides is 12. The molecule has 2 atom stereocenters. The van der Waals surface area contributed by atoms with Gasteiger partial charge in [0, 0.05) is 22.7 Å². The van der Waals surface area contributed by atoms with Gasteiger partial charge in [-0.2, -0.15) is 43.9 Å². The average molecular weight is 636 g/mol. The lowest BCUT2D eigenvalue weighted by molar-refractivity contribution is -0.480. The van der Waals surface area contributed by atoms with Crippen LogP contribution in [0, 0.1) is 0 Å². The van der Waals surface area contributed by atoms with Crippen LogP contribution >= 0.6 is 23.5 Å². The van der Waals surface area contributed by atoms with Gasteiger partial charge >= 0.3 is 40.6 Å². The topological polar surface area (TPSA) is 71.1 Å². The highest BCUT2D eigenvalue weighted by Gasteiger charge is 2.77. The zero-order valence-electron chi connectivity index (χ0n) is 19.7. The molecule has 0 radical (unpaired) electrons. The van der Waals surface area contributed by atoms with Crippen LogP contribution in [-0.4, -0.2) is 78.0 Å². The van der Waals surface area contributed by atoms with E-state index in [0.717, 1.165) is 13.8 Å². The number of esters is 2. The number of halogens is 12. The van der Waals surface area contributed by atoms with E-state index in [9.17, 15) is 62.3 Å². The molecule has 0 rings (SSSR count). The van der Waals surface area contributed by atoms with Crippen LogP contribution in [-0.2, 0) is 28.5 Å². The summed E-state index contributed by atoms with van der Waals surface area (Å²) in [5.74, 6) is -11.4. The van der Waals surface area contributed by atoms with Crippen molar-refractivity contribution in [3.05, 3.63) is 24.3 Å². The van der Waals surface area contributed by atoms with Crippen molar-refractivity contribution in [1.82, 2.24) is 0 Å². The number of carbonyl (C=O) groups is 2. The van der Waals surface area contributed by atoms with E-state index in [0.29, 0.717) is 0 Å². The molecule has 20 heteroatoms. The standard InChI is InChI=1S/C19H20F12O6S2/c1-9(2)11(32)34-5-7-38-15(22,23)13(20)36-18(28,29)17(26,27)19(30,31)37-14(21)16(24,25)39-8-6-35-12(33)10(3)4/h13-14H,1,3,5-8H2,2,4H3. The Labute approximate surface area is 221 Å². The van der Waals surface area contributed by atoms with Crippen LogP contribution in [0.4, 0.5) is 52.7 Å². The molecule has 0 aliphatic heterocycles. The van der Waals surface area contributed by atoms with Crippen molar-refractivity contribution in [2.45, 2.75) is 55.2 Å². The summed E-state index contributed by atoms with van der Waals surface area (Å²) in [6.45, 7) is 6.83. The maximum atomic E-state index is 13.7. The van der Waals surface area contributed by atoms with Gasteiger partial charge in [-0.05, 0) is 13.8 Å². The number of thioether (sulfide) groups is 2. The van der Waals surface area contributed by atoms with Gasteiger partial charge in [-0.3, -0.25) is 9.47 Å². The molecule has 0 N–H and O–H groups in total. The largest absolute Gasteiger partial charge is 0.461 e. The van der Waals surface area contributed by atoms with Gasteiger partial charge in [0.15, 0.2) is 0 Å². The van der Waals surface area contributed by atoms with Gasteiger partial charge in [0.2, 0.25) is 0 Å². The molecule has 0 fully saturated rings. The number of rotatable bonds is 18. The molecule has 0 aliphatic carbocycles. The zero-order valence-corrected chi connectivity index (χ0v) is 21.3. The molecule has 0 bridgehead atoms. The minimum Gasteiger partial charge on any atom is -0.461 e. The zero-order chi connectivity index (χ0) is 31.0. The lowest BCUT2D eigenvalue weighted by Crippen LogP contribution is -2.59. The molecule has 0 saturated heterocycles. The molecule has 0 aromatic rings. The Morgan fingerprint density at radius 2 is 0.949 bits per heavy atom. The predicted octanol–water partition coefficient (Wildman–Crippen LogP) is 6.32. The first-order chi connectivity index (χ1) is 17.4. The first kappa shape index (κ1) is 37.2. The second-order valence-electron chi connectivity index (χ2n) is 7.13. The molecule has 0 aliphatic rings. The van der Waals surface area contributed by atoms with Gasteiger partial charge in [0.05, 0.1) is 0 Å². The van der Waals surface area contributed by atoms with Crippen molar-refractivity contribution in [2.24, 2.45) is 0 Å². The maximum Gasteiger partial charge on any atom is 0.431 e. The number of carbonyl (C=O) groups excluding carboxylic acids is 2. The van der Waals surface area contributed by atoms with Crippen molar-refractivity contribution < 1.29 is 81.2 Å². The Bertz CT molecular complexity index is 819. The monoisotopic (exact) mass is 636 g/mol. The summed E-state index contributed by atoms with van der Waals surface area (Å²) in [7, 11) is 0. The van der Waals surface area contributed by atoms with Crippen LogP contribution in [0.1, 0.15) is 13.8 Å². The highest BCUT2D eigenvalue weighted by Crippen LogP contribution is 2.51. The third-order valence-electron chi connectivity index (χ3n) is 3.68. The maximum absolute atomic E-state index is 13.7. The van der Waals surface area contributed by atoms with Crippen molar-refractivity contribution in [3.8, 4) is 0 Å². The minimum absolute atomic E-state index is 0.181. The number of ether oxygens (including phenoxy) is 4. The van der Waals surface area contributed by atoms with E-state index < -0.39 is 102 Å². The third-order valence-corrected chi connectivity index (χ3v) is 5.56. The van der Waals surface area contributed by atoms with Crippen LogP contribution in [0.15, 0.2) is 24.3 Å². The Morgan fingerprint density at radius 1 is 0.667 bits per heavy atom. The fourth-order valence-electron chi connectivity index (χ4n) is 1.72. The molecule has 228 valence electrons. The van der Waals surface area contributed by atoms with Gasteiger partial charge in [0.1, 0.15) is 13.2 Å². The van der Waals surface area contributed by atoms with Crippen LogP contribution in [0.25, 0.3) is 0 Å². The number of hydrogen-bond acceptors (Lipinski definition) is 8. The van der Waals surface area contributed by atoms with E-state index in [2.05, 4.69) is 32.1 Å². The fraction of sp³-hybridized carbons (Fsp3) is 0.684. The Hall–Kier alpha value is -1.80. The molecule has 0 amide bonds. The first-order valence-corrected chi connectivity index (χ1v) is 11.8. The quantitative estimate of drug-likeness (QED) is 0.0750. The van der Waals surface area contributed by atoms with Gasteiger partial charge < -0.3 is 9.47 Å². The molecule has 6 nitrogen and oxygen atoms in total. The minimum atomic E-state index is -7.18. The Kier molecular flexibility index (Phi) is 13.5. The second kappa shape index (κ2) is 14.2. The van der Waals surface area contributed by atoms with E-state index in [-0.39, 0.29) is 11.1 Å². The van der Waals surface area contributed by atoms with Gasteiger partial charge in [-0.15, -0.1) is 0 Å². The molecular formula is C19H20F12O6S2. The first-order valence-electron chi connectivity index (χ1n) is 9.87. The molecule has 0 spiro atoms. The summed E-state index contributed by atoms with van der Waals surface area (Å²) in [5.41, 5.74) is -0.362. The Balaban J connectivity index is 5.24. The van der Waals surface area contributed by atoms with Gasteiger partial charge in [0.25, 0.3) is 12.7 Å². The highest BCUT2D eigenvalue weighted by atomic mass is 32.2. The fourth-order valence-corrected chi connectivity index (χ4v) is 2.95. The SMILES string of the molecule is C=C(C)C(=O)OCCSC(F)(F)C(F)OC(F)(F)C(F)(F)C(F)(F)OC(F)C(F)(F)SCCOC(=O)C(=C)C. The summed E-state index contributed by atoms with van der Waals surface area (Å²) in [5, 5.41) is -10.2. The van der Waals surface area contributed by atoms with Crippen molar-refractivity contribution in [1.29, 1.82) is 0 Å². The van der Waals surface area contributed by atoms with E-state index in [4.69, 9.17) is 0 Å². The summed E-state index contributed by atoms with van der Waals surface area (Å²) < 4.78 is 177. The molecule has 0 saturated carbocycles. The second-order valence-corrected chi connectivity index (χ2v) is 9.61. The third kappa shape index (κ3) is 10.9. The Morgan fingerprint density at radius 3 is 1.21 bits per heavy atom. The summed E-state index contributed by atoms with van der Waals surface area (Å²) in [6.07, 6.45) is -23.2. The van der Waals surface area contributed by atoms with Crippen LogP contribution < -0.4 is 0 Å². The van der Waals surface area contributed by atoms with Gasteiger partial charge in [-0.25, -0.2) is 18.4 Å². The summed E-state index contributed by atoms with van der Waals surface area (Å²) in [6, 6.07) is 0. The average Bonchev–Trinajstić information content (AvgIpc) is 2.78. The molecule has 39 heavy (non-hydrogen) atoms. The van der Waals surface area contributed by atoms with E-state index in [1.54, 1.807) is 0 Å². The smallest absolute Gasteiger partial charge is 0.431 e.